The smallest absolute Gasteiger partial charge is 0.243 e. The summed E-state index contributed by atoms with van der Waals surface area (Å²) in [6.07, 6.45) is 4.37. The summed E-state index contributed by atoms with van der Waals surface area (Å²) in [5.74, 6) is -0.0351. The molecule has 0 aromatic carbocycles. The monoisotopic (exact) mass is 185 g/mol. The quantitative estimate of drug-likeness (QED) is 0.503. The van der Waals surface area contributed by atoms with Crippen LogP contribution < -0.4 is 5.32 Å². The van der Waals surface area contributed by atoms with E-state index in [1.54, 1.807) is 6.08 Å². The SMILES string of the molecule is CC=CC(=O)NCCCOC(C)C. The maximum absolute atomic E-state index is 10.9. The van der Waals surface area contributed by atoms with Crippen LogP contribution in [0.15, 0.2) is 12.2 Å². The standard InChI is InChI=1S/C10H19NO2/c1-4-6-10(12)11-7-5-8-13-9(2)3/h4,6,9H,5,7-8H2,1-3H3,(H,11,12). The van der Waals surface area contributed by atoms with Crippen molar-refractivity contribution >= 4 is 5.91 Å². The molecule has 0 bridgehead atoms. The van der Waals surface area contributed by atoms with E-state index in [1.165, 1.54) is 6.08 Å². The molecular formula is C10H19NO2. The first-order chi connectivity index (χ1) is 6.16. The zero-order chi connectivity index (χ0) is 10.1. The molecule has 0 aliphatic carbocycles. The van der Waals surface area contributed by atoms with E-state index < -0.39 is 0 Å². The highest BCUT2D eigenvalue weighted by atomic mass is 16.5. The van der Waals surface area contributed by atoms with Gasteiger partial charge >= 0.3 is 0 Å². The molecule has 1 amide bonds. The number of amides is 1. The molecule has 1 N–H and O–H groups in total. The van der Waals surface area contributed by atoms with Gasteiger partial charge in [-0.1, -0.05) is 6.08 Å². The van der Waals surface area contributed by atoms with E-state index in [2.05, 4.69) is 5.32 Å². The van der Waals surface area contributed by atoms with Gasteiger partial charge in [0.1, 0.15) is 0 Å². The molecule has 0 saturated carbocycles. The van der Waals surface area contributed by atoms with Crippen LogP contribution in [0.2, 0.25) is 0 Å². The molecule has 3 nitrogen and oxygen atoms in total. The Hall–Kier alpha value is -0.830. The Kier molecular flexibility index (Phi) is 7.30. The van der Waals surface area contributed by atoms with Gasteiger partial charge in [0.15, 0.2) is 0 Å². The maximum Gasteiger partial charge on any atom is 0.243 e. The van der Waals surface area contributed by atoms with Crippen LogP contribution in [0.25, 0.3) is 0 Å². The van der Waals surface area contributed by atoms with Crippen molar-refractivity contribution in [3.8, 4) is 0 Å². The normalized spacial score (nSPS) is 11.1. The first-order valence-corrected chi connectivity index (χ1v) is 4.69. The van der Waals surface area contributed by atoms with Crippen molar-refractivity contribution in [1.29, 1.82) is 0 Å². The van der Waals surface area contributed by atoms with Gasteiger partial charge in [0.25, 0.3) is 0 Å². The van der Waals surface area contributed by atoms with Crippen molar-refractivity contribution in [3.05, 3.63) is 12.2 Å². The largest absolute Gasteiger partial charge is 0.379 e. The summed E-state index contributed by atoms with van der Waals surface area (Å²) in [5, 5.41) is 2.75. The summed E-state index contributed by atoms with van der Waals surface area (Å²) in [6.45, 7) is 7.20. The Labute approximate surface area is 80.2 Å². The van der Waals surface area contributed by atoms with Crippen LogP contribution >= 0.6 is 0 Å². The van der Waals surface area contributed by atoms with Gasteiger partial charge in [0.05, 0.1) is 6.10 Å². The van der Waals surface area contributed by atoms with E-state index in [-0.39, 0.29) is 12.0 Å². The summed E-state index contributed by atoms with van der Waals surface area (Å²) < 4.78 is 5.31. The molecule has 0 saturated heterocycles. The Morgan fingerprint density at radius 3 is 2.77 bits per heavy atom. The molecule has 0 aromatic rings. The lowest BCUT2D eigenvalue weighted by Gasteiger charge is -2.06. The van der Waals surface area contributed by atoms with Gasteiger partial charge < -0.3 is 10.1 Å². The summed E-state index contributed by atoms with van der Waals surface area (Å²) in [5.41, 5.74) is 0. The van der Waals surface area contributed by atoms with Gasteiger partial charge in [-0.2, -0.15) is 0 Å². The highest BCUT2D eigenvalue weighted by molar-refractivity contribution is 5.87. The van der Waals surface area contributed by atoms with Crippen LogP contribution in [0.5, 0.6) is 0 Å². The van der Waals surface area contributed by atoms with Crippen LogP contribution in [0.3, 0.4) is 0 Å². The van der Waals surface area contributed by atoms with Gasteiger partial charge in [-0.3, -0.25) is 4.79 Å². The minimum Gasteiger partial charge on any atom is -0.379 e. The van der Waals surface area contributed by atoms with E-state index >= 15 is 0 Å². The second-order valence-electron chi connectivity index (χ2n) is 3.06. The third-order valence-corrected chi connectivity index (χ3v) is 1.39. The van der Waals surface area contributed by atoms with Crippen molar-refractivity contribution in [3.63, 3.8) is 0 Å². The van der Waals surface area contributed by atoms with Crippen molar-refractivity contribution in [2.24, 2.45) is 0 Å². The predicted octanol–water partition coefficient (Wildman–Crippen LogP) is 1.49. The van der Waals surface area contributed by atoms with Crippen molar-refractivity contribution in [2.45, 2.75) is 33.3 Å². The Balaban J connectivity index is 3.21. The first kappa shape index (κ1) is 12.2. The molecular weight excluding hydrogens is 166 g/mol. The number of allylic oxidation sites excluding steroid dienone is 1. The lowest BCUT2D eigenvalue weighted by Crippen LogP contribution is -2.23. The third kappa shape index (κ3) is 9.08. The molecule has 0 radical (unpaired) electrons. The Morgan fingerprint density at radius 2 is 2.23 bits per heavy atom. The van der Waals surface area contributed by atoms with Crippen molar-refractivity contribution in [1.82, 2.24) is 5.32 Å². The van der Waals surface area contributed by atoms with E-state index in [4.69, 9.17) is 4.74 Å². The third-order valence-electron chi connectivity index (χ3n) is 1.39. The van der Waals surface area contributed by atoms with Crippen LogP contribution in [0.4, 0.5) is 0 Å². The van der Waals surface area contributed by atoms with Gasteiger partial charge in [0.2, 0.25) is 5.91 Å². The molecule has 0 aliphatic heterocycles. The highest BCUT2D eigenvalue weighted by Gasteiger charge is 1.95. The zero-order valence-corrected chi connectivity index (χ0v) is 8.67. The number of carbonyl (C=O) groups is 1. The average molecular weight is 185 g/mol. The molecule has 0 unspecified atom stereocenters. The fourth-order valence-electron chi connectivity index (χ4n) is 0.813. The van der Waals surface area contributed by atoms with Gasteiger partial charge in [-0.25, -0.2) is 0 Å². The molecule has 0 rings (SSSR count). The molecule has 0 atom stereocenters. The number of ether oxygens (including phenoxy) is 1. The molecule has 3 heteroatoms. The summed E-state index contributed by atoms with van der Waals surface area (Å²) in [4.78, 5) is 10.9. The predicted molar refractivity (Wildman–Crippen MR) is 53.5 cm³/mol. The second kappa shape index (κ2) is 7.80. The lowest BCUT2D eigenvalue weighted by atomic mass is 10.4. The van der Waals surface area contributed by atoms with Crippen molar-refractivity contribution < 1.29 is 9.53 Å². The van der Waals surface area contributed by atoms with Crippen LogP contribution in [-0.2, 0) is 9.53 Å². The minimum atomic E-state index is -0.0351. The first-order valence-electron chi connectivity index (χ1n) is 4.69. The number of carbonyl (C=O) groups excluding carboxylic acids is 1. The number of rotatable bonds is 6. The van der Waals surface area contributed by atoms with E-state index in [1.807, 2.05) is 20.8 Å². The molecule has 0 heterocycles. The summed E-state index contributed by atoms with van der Waals surface area (Å²) in [6, 6.07) is 0. The van der Waals surface area contributed by atoms with Gasteiger partial charge in [-0.05, 0) is 33.3 Å². The fraction of sp³-hybridized carbons (Fsp3) is 0.700. The minimum absolute atomic E-state index is 0.0351. The molecule has 13 heavy (non-hydrogen) atoms. The van der Waals surface area contributed by atoms with E-state index in [9.17, 15) is 4.79 Å². The molecule has 0 fully saturated rings. The number of nitrogens with one attached hydrogen (secondary N) is 1. The fourth-order valence-corrected chi connectivity index (χ4v) is 0.813. The zero-order valence-electron chi connectivity index (χ0n) is 8.67. The van der Waals surface area contributed by atoms with Gasteiger partial charge in [-0.15, -0.1) is 0 Å². The second-order valence-corrected chi connectivity index (χ2v) is 3.06. The molecule has 0 aromatic heterocycles. The maximum atomic E-state index is 10.9. The van der Waals surface area contributed by atoms with E-state index in [0.717, 1.165) is 6.42 Å². The molecule has 0 aliphatic rings. The van der Waals surface area contributed by atoms with Crippen LogP contribution in [0.1, 0.15) is 27.2 Å². The summed E-state index contributed by atoms with van der Waals surface area (Å²) >= 11 is 0. The van der Waals surface area contributed by atoms with Crippen LogP contribution in [-0.4, -0.2) is 25.2 Å². The lowest BCUT2D eigenvalue weighted by molar-refractivity contribution is -0.116. The van der Waals surface area contributed by atoms with Crippen molar-refractivity contribution in [2.75, 3.05) is 13.2 Å². The number of hydrogen-bond donors (Lipinski definition) is 1. The Morgan fingerprint density at radius 1 is 1.54 bits per heavy atom. The summed E-state index contributed by atoms with van der Waals surface area (Å²) in [7, 11) is 0. The number of hydrogen-bond acceptors (Lipinski definition) is 2. The topological polar surface area (TPSA) is 38.3 Å². The highest BCUT2D eigenvalue weighted by Crippen LogP contribution is 1.89. The van der Waals surface area contributed by atoms with Crippen LogP contribution in [0, 0.1) is 0 Å². The molecule has 76 valence electrons. The van der Waals surface area contributed by atoms with Gasteiger partial charge in [0, 0.05) is 13.2 Å². The molecule has 0 spiro atoms. The van der Waals surface area contributed by atoms with E-state index in [0.29, 0.717) is 13.2 Å². The average Bonchev–Trinajstić information content (AvgIpc) is 2.03. The Bertz CT molecular complexity index is 164.